The van der Waals surface area contributed by atoms with Gasteiger partial charge in [0.2, 0.25) is 0 Å². The van der Waals surface area contributed by atoms with Crippen LogP contribution in [0.25, 0.3) is 22.1 Å². The van der Waals surface area contributed by atoms with Crippen molar-refractivity contribution in [3.05, 3.63) is 97.3 Å². The number of anilines is 1. The van der Waals surface area contributed by atoms with E-state index < -0.39 is 10.8 Å². The number of para-hydroxylation sites is 2. The standard InChI is InChI=1S/C25H18N4O6S/c1-34-21-11-15(12-22-24(31)28-19-8-3-2-7-18(19)27-25(28)36-22)9-10-20(21)35-14-23(30)26-16-5-4-6-17(13-16)29(32)33/h2-13H,14H2,1H3,(H,26,30)/b22-12-. The number of benzene rings is 3. The van der Waals surface area contributed by atoms with Crippen molar-refractivity contribution in [1.82, 2.24) is 9.38 Å². The molecule has 180 valence electrons. The first-order chi connectivity index (χ1) is 17.4. The average molecular weight is 503 g/mol. The van der Waals surface area contributed by atoms with Crippen LogP contribution in [-0.4, -0.2) is 33.9 Å². The van der Waals surface area contributed by atoms with Crippen LogP contribution in [-0.2, 0) is 4.79 Å². The van der Waals surface area contributed by atoms with Gasteiger partial charge in [-0.1, -0.05) is 35.6 Å². The van der Waals surface area contributed by atoms with Crippen LogP contribution in [0.5, 0.6) is 11.5 Å². The molecule has 2 heterocycles. The lowest BCUT2D eigenvalue weighted by Gasteiger charge is -2.11. The molecule has 0 saturated carbocycles. The van der Waals surface area contributed by atoms with E-state index in [-0.39, 0.29) is 17.9 Å². The van der Waals surface area contributed by atoms with E-state index in [1.807, 2.05) is 24.3 Å². The quantitative estimate of drug-likeness (QED) is 0.267. The molecule has 5 rings (SSSR count). The van der Waals surface area contributed by atoms with Crippen LogP contribution in [0.3, 0.4) is 0 Å². The molecule has 0 atom stereocenters. The molecule has 2 aromatic heterocycles. The molecule has 0 saturated heterocycles. The Hall–Kier alpha value is -4.77. The lowest BCUT2D eigenvalue weighted by atomic mass is 10.2. The largest absolute Gasteiger partial charge is 0.493 e. The van der Waals surface area contributed by atoms with Gasteiger partial charge in [0.25, 0.3) is 17.2 Å². The van der Waals surface area contributed by atoms with Crippen molar-refractivity contribution in [2.24, 2.45) is 0 Å². The zero-order valence-electron chi connectivity index (χ0n) is 18.8. The number of ether oxygens (including phenoxy) is 2. The number of nitrogens with one attached hydrogen (secondary N) is 1. The van der Waals surface area contributed by atoms with Gasteiger partial charge in [0.1, 0.15) is 0 Å². The fourth-order valence-corrected chi connectivity index (χ4v) is 4.68. The van der Waals surface area contributed by atoms with Gasteiger partial charge in [-0.2, -0.15) is 0 Å². The van der Waals surface area contributed by atoms with E-state index in [4.69, 9.17) is 9.47 Å². The molecule has 0 fully saturated rings. The number of hydrogen-bond acceptors (Lipinski definition) is 8. The number of nitro benzene ring substituents is 1. The normalized spacial score (nSPS) is 11.6. The van der Waals surface area contributed by atoms with E-state index in [1.54, 1.807) is 34.7 Å². The summed E-state index contributed by atoms with van der Waals surface area (Å²) < 4.78 is 13.1. The number of rotatable bonds is 7. The van der Waals surface area contributed by atoms with E-state index in [1.165, 1.54) is 36.6 Å². The van der Waals surface area contributed by atoms with Gasteiger partial charge < -0.3 is 14.8 Å². The van der Waals surface area contributed by atoms with E-state index in [0.29, 0.717) is 32.2 Å². The molecular weight excluding hydrogens is 484 g/mol. The van der Waals surface area contributed by atoms with Crippen molar-refractivity contribution in [3.8, 4) is 11.5 Å². The molecule has 0 aliphatic rings. The SMILES string of the molecule is COc1cc(/C=c2\sc3nc4ccccc4n3c2=O)ccc1OCC(=O)Nc1cccc([N+](=O)[O-])c1. The van der Waals surface area contributed by atoms with Crippen LogP contribution in [0.2, 0.25) is 0 Å². The minimum atomic E-state index is -0.540. The number of imidazole rings is 1. The molecule has 11 heteroatoms. The first-order valence-electron chi connectivity index (χ1n) is 10.7. The maximum absolute atomic E-state index is 13.0. The second kappa shape index (κ2) is 9.47. The number of methoxy groups -OCH3 is 1. The summed E-state index contributed by atoms with van der Waals surface area (Å²) in [5.41, 5.74) is 2.25. The highest BCUT2D eigenvalue weighted by atomic mass is 32.1. The highest BCUT2D eigenvalue weighted by Crippen LogP contribution is 2.28. The van der Waals surface area contributed by atoms with Crippen molar-refractivity contribution in [2.75, 3.05) is 19.0 Å². The molecule has 0 unspecified atom stereocenters. The Labute approximate surface area is 207 Å². The number of hydrogen-bond donors (Lipinski definition) is 1. The van der Waals surface area contributed by atoms with Crippen molar-refractivity contribution in [3.63, 3.8) is 0 Å². The second-order valence-electron chi connectivity index (χ2n) is 7.69. The van der Waals surface area contributed by atoms with E-state index in [0.717, 1.165) is 11.0 Å². The lowest BCUT2D eigenvalue weighted by Crippen LogP contribution is -2.22. The van der Waals surface area contributed by atoms with E-state index in [2.05, 4.69) is 10.3 Å². The van der Waals surface area contributed by atoms with Gasteiger partial charge in [-0.05, 0) is 42.0 Å². The average Bonchev–Trinajstić information content (AvgIpc) is 3.39. The third-order valence-corrected chi connectivity index (χ3v) is 6.30. The Bertz CT molecular complexity index is 1740. The summed E-state index contributed by atoms with van der Waals surface area (Å²) in [5.74, 6) is 0.225. The Balaban J connectivity index is 1.34. The molecule has 10 nitrogen and oxygen atoms in total. The number of aromatic nitrogens is 2. The lowest BCUT2D eigenvalue weighted by molar-refractivity contribution is -0.384. The van der Waals surface area contributed by atoms with Crippen LogP contribution in [0.1, 0.15) is 5.56 Å². The third kappa shape index (κ3) is 4.46. The molecule has 0 bridgehead atoms. The Kier molecular flexibility index (Phi) is 6.05. The minimum absolute atomic E-state index is 0.129. The molecular formula is C25H18N4O6S. The van der Waals surface area contributed by atoms with Gasteiger partial charge in [-0.3, -0.25) is 19.7 Å². The highest BCUT2D eigenvalue weighted by molar-refractivity contribution is 7.15. The number of carbonyl (C=O) groups excluding carboxylic acids is 1. The predicted molar refractivity (Wildman–Crippen MR) is 136 cm³/mol. The first kappa shape index (κ1) is 23.0. The topological polar surface area (TPSA) is 125 Å². The zero-order chi connectivity index (χ0) is 25.2. The van der Waals surface area contributed by atoms with Crippen molar-refractivity contribution >= 4 is 50.7 Å². The molecule has 3 aromatic carbocycles. The van der Waals surface area contributed by atoms with E-state index in [9.17, 15) is 19.7 Å². The molecule has 0 radical (unpaired) electrons. The van der Waals surface area contributed by atoms with Crippen molar-refractivity contribution in [2.45, 2.75) is 0 Å². The Morgan fingerprint density at radius 3 is 2.78 bits per heavy atom. The highest BCUT2D eigenvalue weighted by Gasteiger charge is 2.13. The molecule has 1 N–H and O–H groups in total. The number of nitrogens with zero attached hydrogens (tertiary/aromatic N) is 3. The molecule has 1 amide bonds. The predicted octanol–water partition coefficient (Wildman–Crippen LogP) is 3.39. The second-order valence-corrected chi connectivity index (χ2v) is 8.70. The van der Waals surface area contributed by atoms with Gasteiger partial charge in [0.15, 0.2) is 23.1 Å². The maximum Gasteiger partial charge on any atom is 0.274 e. The monoisotopic (exact) mass is 502 g/mol. The molecule has 0 spiro atoms. The molecule has 0 aliphatic carbocycles. The van der Waals surface area contributed by atoms with Crippen molar-refractivity contribution in [1.29, 1.82) is 0 Å². The summed E-state index contributed by atoms with van der Waals surface area (Å²) in [6.07, 6.45) is 1.75. The van der Waals surface area contributed by atoms with Gasteiger partial charge in [0.05, 0.1) is 27.6 Å². The molecule has 5 aromatic rings. The smallest absolute Gasteiger partial charge is 0.274 e. The minimum Gasteiger partial charge on any atom is -0.493 e. The van der Waals surface area contributed by atoms with Crippen LogP contribution in [0.4, 0.5) is 11.4 Å². The van der Waals surface area contributed by atoms with Crippen LogP contribution in [0.15, 0.2) is 71.5 Å². The number of amides is 1. The summed E-state index contributed by atoms with van der Waals surface area (Å²) in [7, 11) is 1.47. The maximum atomic E-state index is 13.0. The van der Waals surface area contributed by atoms with Gasteiger partial charge in [-0.25, -0.2) is 9.38 Å². The summed E-state index contributed by atoms with van der Waals surface area (Å²) in [5, 5.41) is 13.5. The fraction of sp³-hybridized carbons (Fsp3) is 0.0800. The summed E-state index contributed by atoms with van der Waals surface area (Å²) in [6, 6.07) is 18.2. The van der Waals surface area contributed by atoms with Crippen LogP contribution >= 0.6 is 11.3 Å². The number of nitro groups is 1. The zero-order valence-corrected chi connectivity index (χ0v) is 19.7. The van der Waals surface area contributed by atoms with Gasteiger partial charge in [0, 0.05) is 17.8 Å². The molecule has 36 heavy (non-hydrogen) atoms. The molecule has 0 aliphatic heterocycles. The van der Waals surface area contributed by atoms with E-state index >= 15 is 0 Å². The Morgan fingerprint density at radius 1 is 1.14 bits per heavy atom. The Morgan fingerprint density at radius 2 is 1.97 bits per heavy atom. The number of carbonyl (C=O) groups is 1. The first-order valence-corrected chi connectivity index (χ1v) is 11.5. The van der Waals surface area contributed by atoms with Gasteiger partial charge in [-0.15, -0.1) is 0 Å². The number of fused-ring (bicyclic) bond motifs is 3. The third-order valence-electron chi connectivity index (χ3n) is 5.33. The summed E-state index contributed by atoms with van der Waals surface area (Å²) in [6.45, 7) is -0.331. The van der Waals surface area contributed by atoms with Crippen molar-refractivity contribution < 1.29 is 19.2 Å². The van der Waals surface area contributed by atoms with Crippen LogP contribution in [0, 0.1) is 10.1 Å². The number of non-ortho nitro benzene ring substituents is 1. The number of thiazole rings is 1. The fourth-order valence-electron chi connectivity index (χ4n) is 3.69. The summed E-state index contributed by atoms with van der Waals surface area (Å²) in [4.78, 5) is 40.7. The summed E-state index contributed by atoms with van der Waals surface area (Å²) >= 11 is 1.30. The van der Waals surface area contributed by atoms with Gasteiger partial charge >= 0.3 is 0 Å². The van der Waals surface area contributed by atoms with Crippen LogP contribution < -0.4 is 24.9 Å².